The first-order valence-corrected chi connectivity index (χ1v) is 10.7. The van der Waals surface area contributed by atoms with Crippen LogP contribution in [0.5, 0.6) is 11.5 Å². The lowest BCUT2D eigenvalue weighted by molar-refractivity contribution is -0.120. The van der Waals surface area contributed by atoms with Gasteiger partial charge >= 0.3 is 0 Å². The molecule has 0 atom stereocenters. The van der Waals surface area contributed by atoms with Gasteiger partial charge in [0.15, 0.2) is 0 Å². The summed E-state index contributed by atoms with van der Waals surface area (Å²) >= 11 is 0. The third-order valence-corrected chi connectivity index (χ3v) is 4.51. The van der Waals surface area contributed by atoms with Gasteiger partial charge in [-0.2, -0.15) is 5.10 Å². The number of nitrogens with zero attached hydrogens (tertiary/aromatic N) is 1. The van der Waals surface area contributed by atoms with Crippen LogP contribution in [0.3, 0.4) is 0 Å². The molecule has 0 fully saturated rings. The summed E-state index contributed by atoms with van der Waals surface area (Å²) in [4.78, 5) is 24.2. The van der Waals surface area contributed by atoms with E-state index >= 15 is 0 Å². The average Bonchev–Trinajstić information content (AvgIpc) is 2.86. The van der Waals surface area contributed by atoms with Crippen molar-refractivity contribution in [3.8, 4) is 11.5 Å². The summed E-state index contributed by atoms with van der Waals surface area (Å²) in [7, 11) is 0. The van der Waals surface area contributed by atoms with E-state index in [0.29, 0.717) is 30.3 Å². The fourth-order valence-electron chi connectivity index (χ4n) is 2.83. The number of hydrogen-bond acceptors (Lipinski definition) is 5. The molecule has 0 spiro atoms. The largest absolute Gasteiger partial charge is 0.494 e. The highest BCUT2D eigenvalue weighted by Gasteiger charge is 2.08. The Morgan fingerprint density at radius 2 is 1.70 bits per heavy atom. The van der Waals surface area contributed by atoms with Crippen LogP contribution in [0.25, 0.3) is 0 Å². The third-order valence-electron chi connectivity index (χ3n) is 4.51. The highest BCUT2D eigenvalue weighted by Crippen LogP contribution is 2.14. The molecule has 0 aromatic heterocycles. The highest BCUT2D eigenvalue weighted by atomic mass is 16.5. The molecule has 170 valence electrons. The van der Waals surface area contributed by atoms with Crippen molar-refractivity contribution in [1.29, 1.82) is 0 Å². The summed E-state index contributed by atoms with van der Waals surface area (Å²) in [5, 5.41) is 6.51. The molecule has 2 amide bonds. The van der Waals surface area contributed by atoms with Crippen molar-refractivity contribution in [2.75, 3.05) is 13.2 Å². The molecule has 3 aromatic carbocycles. The summed E-state index contributed by atoms with van der Waals surface area (Å²) in [6.45, 7) is 2.92. The second-order valence-electron chi connectivity index (χ2n) is 7.20. The van der Waals surface area contributed by atoms with Crippen LogP contribution in [0.4, 0.5) is 0 Å². The summed E-state index contributed by atoms with van der Waals surface area (Å²) in [5.41, 5.74) is 4.70. The second-order valence-corrected chi connectivity index (χ2v) is 7.20. The van der Waals surface area contributed by atoms with Crippen molar-refractivity contribution in [3.63, 3.8) is 0 Å². The summed E-state index contributed by atoms with van der Waals surface area (Å²) in [5.74, 6) is 0.626. The standard InChI is InChI=1S/C26H27N3O4/c1-2-15-32-23-13-11-22(12-14-23)26(31)27-18-25(30)29-28-17-21-9-6-10-24(16-21)33-19-20-7-4-3-5-8-20/h3-14,16-17H,2,15,18-19H2,1H3,(H,27,31)(H,29,30). The molecule has 7 nitrogen and oxygen atoms in total. The Morgan fingerprint density at radius 1 is 0.909 bits per heavy atom. The number of rotatable bonds is 11. The van der Waals surface area contributed by atoms with Crippen molar-refractivity contribution in [3.05, 3.63) is 95.6 Å². The van der Waals surface area contributed by atoms with Gasteiger partial charge in [-0.25, -0.2) is 5.43 Å². The van der Waals surface area contributed by atoms with E-state index in [0.717, 1.165) is 17.5 Å². The molecule has 0 aliphatic heterocycles. The molecular formula is C26H27N3O4. The van der Waals surface area contributed by atoms with Crippen molar-refractivity contribution >= 4 is 18.0 Å². The lowest BCUT2D eigenvalue weighted by Gasteiger charge is -2.07. The van der Waals surface area contributed by atoms with E-state index in [4.69, 9.17) is 9.47 Å². The quantitative estimate of drug-likeness (QED) is 0.346. The normalized spacial score (nSPS) is 10.6. The molecule has 3 rings (SSSR count). The van der Waals surface area contributed by atoms with Crippen molar-refractivity contribution in [2.24, 2.45) is 5.10 Å². The molecule has 0 heterocycles. The molecule has 7 heteroatoms. The zero-order valence-corrected chi connectivity index (χ0v) is 18.5. The molecule has 3 aromatic rings. The van der Waals surface area contributed by atoms with Gasteiger partial charge in [0, 0.05) is 5.56 Å². The molecular weight excluding hydrogens is 418 g/mol. The van der Waals surface area contributed by atoms with Crippen molar-refractivity contribution in [2.45, 2.75) is 20.0 Å². The lowest BCUT2D eigenvalue weighted by atomic mass is 10.2. The number of nitrogens with one attached hydrogen (secondary N) is 2. The first-order chi connectivity index (χ1) is 16.1. The Balaban J connectivity index is 1.42. The van der Waals surface area contributed by atoms with Crippen LogP contribution in [0.1, 0.15) is 34.8 Å². The molecule has 2 N–H and O–H groups in total. The Morgan fingerprint density at radius 3 is 2.45 bits per heavy atom. The number of amides is 2. The summed E-state index contributed by atoms with van der Waals surface area (Å²) < 4.78 is 11.3. The van der Waals surface area contributed by atoms with E-state index in [2.05, 4.69) is 15.8 Å². The lowest BCUT2D eigenvalue weighted by Crippen LogP contribution is -2.34. The Bertz CT molecular complexity index is 1070. The smallest absolute Gasteiger partial charge is 0.259 e. The number of carbonyl (C=O) groups is 2. The summed E-state index contributed by atoms with van der Waals surface area (Å²) in [6.07, 6.45) is 2.43. The van der Waals surface area contributed by atoms with Gasteiger partial charge < -0.3 is 14.8 Å². The van der Waals surface area contributed by atoms with E-state index in [1.165, 1.54) is 6.21 Å². The van der Waals surface area contributed by atoms with Crippen LogP contribution in [-0.2, 0) is 11.4 Å². The maximum absolute atomic E-state index is 12.2. The molecule has 0 radical (unpaired) electrons. The maximum atomic E-state index is 12.2. The fraction of sp³-hybridized carbons (Fsp3) is 0.192. The molecule has 33 heavy (non-hydrogen) atoms. The van der Waals surface area contributed by atoms with Gasteiger partial charge in [-0.05, 0) is 53.9 Å². The minimum Gasteiger partial charge on any atom is -0.494 e. The van der Waals surface area contributed by atoms with Crippen LogP contribution in [0.15, 0.2) is 84.0 Å². The Labute approximate surface area is 193 Å². The minimum atomic E-state index is -0.431. The SMILES string of the molecule is CCCOc1ccc(C(=O)NCC(=O)NN=Cc2cccc(OCc3ccccc3)c2)cc1. The van der Waals surface area contributed by atoms with E-state index < -0.39 is 5.91 Å². The first-order valence-electron chi connectivity index (χ1n) is 10.7. The molecule has 0 aliphatic carbocycles. The third kappa shape index (κ3) is 8.14. The minimum absolute atomic E-state index is 0.190. The number of hydrogen-bond donors (Lipinski definition) is 2. The zero-order chi connectivity index (χ0) is 23.3. The van der Waals surface area contributed by atoms with Crippen LogP contribution in [-0.4, -0.2) is 31.2 Å². The predicted molar refractivity (Wildman–Crippen MR) is 128 cm³/mol. The fourth-order valence-corrected chi connectivity index (χ4v) is 2.83. The Hall–Kier alpha value is -4.13. The van der Waals surface area contributed by atoms with Gasteiger partial charge in [-0.3, -0.25) is 9.59 Å². The van der Waals surface area contributed by atoms with Gasteiger partial charge in [0.05, 0.1) is 19.4 Å². The second kappa shape index (κ2) is 12.7. The van der Waals surface area contributed by atoms with E-state index in [-0.39, 0.29) is 12.5 Å². The van der Waals surface area contributed by atoms with Gasteiger partial charge in [0.1, 0.15) is 18.1 Å². The van der Waals surface area contributed by atoms with Gasteiger partial charge in [-0.1, -0.05) is 49.4 Å². The van der Waals surface area contributed by atoms with Crippen LogP contribution in [0.2, 0.25) is 0 Å². The highest BCUT2D eigenvalue weighted by molar-refractivity contribution is 5.96. The summed E-state index contributed by atoms with van der Waals surface area (Å²) in [6, 6.07) is 24.0. The monoisotopic (exact) mass is 445 g/mol. The first kappa shape index (κ1) is 23.5. The topological polar surface area (TPSA) is 89.0 Å². The number of hydrazone groups is 1. The molecule has 0 saturated heterocycles. The number of carbonyl (C=O) groups excluding carboxylic acids is 2. The van der Waals surface area contributed by atoms with Crippen LogP contribution < -0.4 is 20.2 Å². The van der Waals surface area contributed by atoms with Crippen LogP contribution in [0, 0.1) is 0 Å². The zero-order valence-electron chi connectivity index (χ0n) is 18.5. The van der Waals surface area contributed by atoms with Crippen molar-refractivity contribution < 1.29 is 19.1 Å². The van der Waals surface area contributed by atoms with E-state index in [1.807, 2.05) is 61.5 Å². The van der Waals surface area contributed by atoms with Gasteiger partial charge in [-0.15, -0.1) is 0 Å². The van der Waals surface area contributed by atoms with Crippen LogP contribution >= 0.6 is 0 Å². The Kier molecular flexibility index (Phi) is 9.03. The average molecular weight is 446 g/mol. The van der Waals surface area contributed by atoms with E-state index in [9.17, 15) is 9.59 Å². The number of ether oxygens (including phenoxy) is 2. The molecule has 0 saturated carbocycles. The molecule has 0 bridgehead atoms. The number of benzene rings is 3. The predicted octanol–water partition coefficient (Wildman–Crippen LogP) is 3.93. The molecule has 0 unspecified atom stereocenters. The van der Waals surface area contributed by atoms with Gasteiger partial charge in [0.2, 0.25) is 0 Å². The van der Waals surface area contributed by atoms with Crippen molar-refractivity contribution in [1.82, 2.24) is 10.7 Å². The molecule has 0 aliphatic rings. The maximum Gasteiger partial charge on any atom is 0.259 e. The van der Waals surface area contributed by atoms with E-state index in [1.54, 1.807) is 24.3 Å². The van der Waals surface area contributed by atoms with Gasteiger partial charge in [0.25, 0.3) is 11.8 Å².